The molecule has 0 fully saturated rings. The van der Waals surface area contributed by atoms with Gasteiger partial charge in [-0.2, -0.15) is 0 Å². The number of rotatable bonds is 5. The molecule has 0 aliphatic heterocycles. The monoisotopic (exact) mass is 211 g/mol. The van der Waals surface area contributed by atoms with Gasteiger partial charge in [0.1, 0.15) is 6.29 Å². The second kappa shape index (κ2) is 5.66. The zero-order valence-corrected chi connectivity index (χ0v) is 8.76. The maximum Gasteiger partial charge on any atom is 0.119 e. The Morgan fingerprint density at radius 1 is 1.36 bits per heavy atom. The van der Waals surface area contributed by atoms with Crippen molar-refractivity contribution in [1.29, 1.82) is 0 Å². The van der Waals surface area contributed by atoms with Crippen molar-refractivity contribution < 1.29 is 4.79 Å². The summed E-state index contributed by atoms with van der Waals surface area (Å²) in [6.45, 7) is 0. The largest absolute Gasteiger partial charge is 0.399 e. The number of hydrogen-bond acceptors (Lipinski definition) is 2. The third-order valence-electron chi connectivity index (χ3n) is 2.09. The van der Waals surface area contributed by atoms with Gasteiger partial charge < -0.3 is 10.5 Å². The summed E-state index contributed by atoms with van der Waals surface area (Å²) in [7, 11) is 0. The van der Waals surface area contributed by atoms with Crippen molar-refractivity contribution in [2.24, 2.45) is 0 Å². The molecule has 0 bridgehead atoms. The number of aldehydes is 1. The minimum Gasteiger partial charge on any atom is -0.399 e. The highest BCUT2D eigenvalue weighted by atomic mass is 35.5. The van der Waals surface area contributed by atoms with Crippen LogP contribution < -0.4 is 5.73 Å². The standard InChI is InChI=1S/C11H14ClNO/c12-11-6-5-10(13)8-9(11)4-2-1-3-7-14/h5-8H,1-4,13H2. The molecule has 0 heterocycles. The summed E-state index contributed by atoms with van der Waals surface area (Å²) >= 11 is 5.98. The number of nitrogen functional groups attached to an aromatic ring is 1. The van der Waals surface area contributed by atoms with Gasteiger partial charge in [-0.25, -0.2) is 0 Å². The van der Waals surface area contributed by atoms with E-state index in [9.17, 15) is 4.79 Å². The fraction of sp³-hybridized carbons (Fsp3) is 0.364. The fourth-order valence-electron chi connectivity index (χ4n) is 1.33. The van der Waals surface area contributed by atoms with Crippen molar-refractivity contribution in [3.8, 4) is 0 Å². The molecule has 0 amide bonds. The second-order valence-corrected chi connectivity index (χ2v) is 3.67. The molecule has 0 radical (unpaired) electrons. The number of nitrogens with two attached hydrogens (primary N) is 1. The van der Waals surface area contributed by atoms with Crippen molar-refractivity contribution in [3.63, 3.8) is 0 Å². The van der Waals surface area contributed by atoms with Crippen LogP contribution in [0, 0.1) is 0 Å². The number of hydrogen-bond donors (Lipinski definition) is 1. The molecule has 0 saturated heterocycles. The first-order chi connectivity index (χ1) is 6.74. The predicted molar refractivity (Wildman–Crippen MR) is 59.5 cm³/mol. The highest BCUT2D eigenvalue weighted by Gasteiger charge is 2.00. The first-order valence-corrected chi connectivity index (χ1v) is 5.09. The first kappa shape index (κ1) is 11.1. The van der Waals surface area contributed by atoms with Crippen LogP contribution in [0.5, 0.6) is 0 Å². The Balaban J connectivity index is 2.49. The van der Waals surface area contributed by atoms with E-state index >= 15 is 0 Å². The molecule has 0 aliphatic rings. The molecule has 3 heteroatoms. The van der Waals surface area contributed by atoms with Gasteiger partial charge in [-0.05, 0) is 43.0 Å². The maximum absolute atomic E-state index is 10.1. The van der Waals surface area contributed by atoms with Crippen LogP contribution in [0.1, 0.15) is 24.8 Å². The molecule has 0 spiro atoms. The molecular formula is C11H14ClNO. The average Bonchev–Trinajstić information content (AvgIpc) is 2.18. The number of carbonyl (C=O) groups excluding carboxylic acids is 1. The Hall–Kier alpha value is -1.02. The molecule has 0 saturated carbocycles. The van der Waals surface area contributed by atoms with Crippen molar-refractivity contribution >= 4 is 23.6 Å². The van der Waals surface area contributed by atoms with Gasteiger partial charge in [-0.3, -0.25) is 0 Å². The quantitative estimate of drug-likeness (QED) is 0.462. The first-order valence-electron chi connectivity index (χ1n) is 4.71. The molecule has 0 unspecified atom stereocenters. The van der Waals surface area contributed by atoms with Gasteiger partial charge in [0, 0.05) is 17.1 Å². The van der Waals surface area contributed by atoms with E-state index < -0.39 is 0 Å². The van der Waals surface area contributed by atoms with Gasteiger partial charge in [0.25, 0.3) is 0 Å². The zero-order chi connectivity index (χ0) is 10.4. The molecule has 0 atom stereocenters. The van der Waals surface area contributed by atoms with Crippen LogP contribution in [0.25, 0.3) is 0 Å². The molecule has 0 aromatic heterocycles. The van der Waals surface area contributed by atoms with Crippen molar-refractivity contribution in [1.82, 2.24) is 0 Å². The summed E-state index contributed by atoms with van der Waals surface area (Å²) in [6.07, 6.45) is 4.34. The maximum atomic E-state index is 10.1. The molecule has 14 heavy (non-hydrogen) atoms. The number of benzene rings is 1. The minimum atomic E-state index is 0.625. The summed E-state index contributed by atoms with van der Waals surface area (Å²) in [5, 5.41) is 0.755. The molecule has 1 aromatic rings. The summed E-state index contributed by atoms with van der Waals surface area (Å²) in [6, 6.07) is 5.49. The van der Waals surface area contributed by atoms with Crippen molar-refractivity contribution in [2.45, 2.75) is 25.7 Å². The Labute approximate surface area is 89.1 Å². The van der Waals surface area contributed by atoms with Crippen LogP contribution in [0.2, 0.25) is 5.02 Å². The van der Waals surface area contributed by atoms with Gasteiger partial charge in [-0.1, -0.05) is 11.6 Å². The van der Waals surface area contributed by atoms with E-state index in [1.54, 1.807) is 6.07 Å². The Morgan fingerprint density at radius 3 is 2.86 bits per heavy atom. The number of halogens is 1. The van der Waals surface area contributed by atoms with Crippen LogP contribution in [0.4, 0.5) is 5.69 Å². The second-order valence-electron chi connectivity index (χ2n) is 3.26. The number of carbonyl (C=O) groups is 1. The third kappa shape index (κ3) is 3.38. The lowest BCUT2D eigenvalue weighted by atomic mass is 10.1. The third-order valence-corrected chi connectivity index (χ3v) is 2.46. The smallest absolute Gasteiger partial charge is 0.119 e. The molecule has 76 valence electrons. The highest BCUT2D eigenvalue weighted by Crippen LogP contribution is 2.20. The minimum absolute atomic E-state index is 0.625. The van der Waals surface area contributed by atoms with E-state index in [0.29, 0.717) is 6.42 Å². The van der Waals surface area contributed by atoms with Gasteiger partial charge >= 0.3 is 0 Å². The van der Waals surface area contributed by atoms with Crippen LogP contribution in [-0.2, 0) is 11.2 Å². The van der Waals surface area contributed by atoms with E-state index in [-0.39, 0.29) is 0 Å². The Bertz CT molecular complexity index is 312. The topological polar surface area (TPSA) is 43.1 Å². The SMILES string of the molecule is Nc1ccc(Cl)c(CCCCC=O)c1. The van der Waals surface area contributed by atoms with Crippen LogP contribution in [-0.4, -0.2) is 6.29 Å². The zero-order valence-electron chi connectivity index (χ0n) is 8.00. The predicted octanol–water partition coefficient (Wildman–Crippen LogP) is 2.83. The normalized spacial score (nSPS) is 10.1. The molecule has 1 aromatic carbocycles. The summed E-state index contributed by atoms with van der Waals surface area (Å²) < 4.78 is 0. The summed E-state index contributed by atoms with van der Waals surface area (Å²) in [5.74, 6) is 0. The van der Waals surface area contributed by atoms with E-state index in [0.717, 1.165) is 41.8 Å². The van der Waals surface area contributed by atoms with Gasteiger partial charge in [0.2, 0.25) is 0 Å². The van der Waals surface area contributed by atoms with Gasteiger partial charge in [-0.15, -0.1) is 0 Å². The number of unbranched alkanes of at least 4 members (excludes halogenated alkanes) is 2. The van der Waals surface area contributed by atoms with Crippen molar-refractivity contribution in [2.75, 3.05) is 5.73 Å². The highest BCUT2D eigenvalue weighted by molar-refractivity contribution is 6.31. The lowest BCUT2D eigenvalue weighted by molar-refractivity contribution is -0.107. The van der Waals surface area contributed by atoms with E-state index in [1.807, 2.05) is 12.1 Å². The summed E-state index contributed by atoms with van der Waals surface area (Å²) in [4.78, 5) is 10.1. The van der Waals surface area contributed by atoms with Gasteiger partial charge in [0.15, 0.2) is 0 Å². The molecule has 2 N–H and O–H groups in total. The molecular weight excluding hydrogens is 198 g/mol. The van der Waals surface area contributed by atoms with Crippen LogP contribution in [0.15, 0.2) is 18.2 Å². The van der Waals surface area contributed by atoms with Gasteiger partial charge in [0.05, 0.1) is 0 Å². The van der Waals surface area contributed by atoms with E-state index in [1.165, 1.54) is 0 Å². The van der Waals surface area contributed by atoms with E-state index in [4.69, 9.17) is 17.3 Å². The Morgan fingerprint density at radius 2 is 2.14 bits per heavy atom. The number of anilines is 1. The fourth-order valence-corrected chi connectivity index (χ4v) is 1.54. The molecule has 0 aliphatic carbocycles. The average molecular weight is 212 g/mol. The lowest BCUT2D eigenvalue weighted by Crippen LogP contribution is -1.91. The van der Waals surface area contributed by atoms with Crippen molar-refractivity contribution in [3.05, 3.63) is 28.8 Å². The van der Waals surface area contributed by atoms with Crippen LogP contribution >= 0.6 is 11.6 Å². The van der Waals surface area contributed by atoms with Crippen LogP contribution in [0.3, 0.4) is 0 Å². The number of aryl methyl sites for hydroxylation is 1. The Kier molecular flexibility index (Phi) is 4.47. The molecule has 2 nitrogen and oxygen atoms in total. The summed E-state index contributed by atoms with van der Waals surface area (Å²) in [5.41, 5.74) is 7.45. The molecule has 1 rings (SSSR count). The lowest BCUT2D eigenvalue weighted by Gasteiger charge is -2.04. The van der Waals surface area contributed by atoms with E-state index in [2.05, 4.69) is 0 Å².